The Kier molecular flexibility index (Phi) is 4.08. The molecular weight excluding hydrogens is 256 g/mol. The van der Waals surface area contributed by atoms with E-state index in [9.17, 15) is 0 Å². The molecule has 2 fully saturated rings. The summed E-state index contributed by atoms with van der Waals surface area (Å²) < 4.78 is 23.4. The van der Waals surface area contributed by atoms with Crippen molar-refractivity contribution in [2.75, 3.05) is 13.7 Å². The zero-order valence-electron chi connectivity index (χ0n) is 12.1. The Balaban J connectivity index is 1.67. The predicted molar refractivity (Wildman–Crippen MR) is 74.3 cm³/mol. The first kappa shape index (κ1) is 14.0. The number of hydrogen-bond donors (Lipinski definition) is 0. The molecule has 2 bridgehead atoms. The molecule has 4 heteroatoms. The number of rotatable bonds is 5. The Bertz CT molecular complexity index is 429. The fourth-order valence-electron chi connectivity index (χ4n) is 3.04. The molecule has 20 heavy (non-hydrogen) atoms. The normalized spacial score (nSPS) is 36.2. The summed E-state index contributed by atoms with van der Waals surface area (Å²) in [6.07, 6.45) is 1.47. The number of fused-ring (bicyclic) bond motifs is 2. The van der Waals surface area contributed by atoms with E-state index in [1.807, 2.05) is 18.2 Å². The summed E-state index contributed by atoms with van der Waals surface area (Å²) in [7, 11) is 1.73. The lowest BCUT2D eigenvalue weighted by atomic mass is 9.88. The molecule has 2 saturated heterocycles. The summed E-state index contributed by atoms with van der Waals surface area (Å²) in [5.41, 5.74) is 0.794. The second-order valence-corrected chi connectivity index (χ2v) is 5.50. The van der Waals surface area contributed by atoms with Crippen molar-refractivity contribution in [3.63, 3.8) is 0 Å². The van der Waals surface area contributed by atoms with Crippen molar-refractivity contribution in [3.8, 4) is 0 Å². The fourth-order valence-corrected chi connectivity index (χ4v) is 3.04. The second-order valence-electron chi connectivity index (χ2n) is 5.50. The van der Waals surface area contributed by atoms with Gasteiger partial charge in [0.1, 0.15) is 11.7 Å². The summed E-state index contributed by atoms with van der Waals surface area (Å²) in [5, 5.41) is 0. The highest BCUT2D eigenvalue weighted by atomic mass is 16.8. The highest BCUT2D eigenvalue weighted by molar-refractivity contribution is 5.13. The largest absolute Gasteiger partial charge is 0.373 e. The van der Waals surface area contributed by atoms with Crippen LogP contribution in [-0.2, 0) is 25.6 Å². The number of methoxy groups -OCH3 is 1. The van der Waals surface area contributed by atoms with Crippen LogP contribution in [0.5, 0.6) is 0 Å². The topological polar surface area (TPSA) is 36.9 Å². The van der Waals surface area contributed by atoms with E-state index in [-0.39, 0.29) is 24.1 Å². The van der Waals surface area contributed by atoms with Crippen LogP contribution in [0.25, 0.3) is 0 Å². The van der Waals surface area contributed by atoms with E-state index in [0.29, 0.717) is 13.2 Å². The zero-order chi connectivity index (χ0) is 14.0. The van der Waals surface area contributed by atoms with Crippen LogP contribution in [0.15, 0.2) is 30.3 Å². The Hall–Kier alpha value is -0.940. The zero-order valence-corrected chi connectivity index (χ0v) is 12.1. The third kappa shape index (κ3) is 2.49. The quantitative estimate of drug-likeness (QED) is 0.829. The van der Waals surface area contributed by atoms with Gasteiger partial charge in [-0.1, -0.05) is 37.3 Å². The summed E-state index contributed by atoms with van der Waals surface area (Å²) in [6.45, 7) is 3.29. The number of benzene rings is 1. The monoisotopic (exact) mass is 278 g/mol. The standard InChI is InChI=1S/C16H22O4/c1-3-16(17-2)9-13(14-11-19-15(16)20-14)18-10-12-7-5-4-6-8-12/h4-8,13-15H,3,9-11H2,1-2H3/t13-,14+,15+,16-/m0/s1. The molecular formula is C16H22O4. The molecule has 0 aromatic heterocycles. The Morgan fingerprint density at radius 3 is 2.80 bits per heavy atom. The van der Waals surface area contributed by atoms with Gasteiger partial charge in [0.05, 0.1) is 19.3 Å². The molecule has 0 spiro atoms. The molecule has 0 amide bonds. The van der Waals surface area contributed by atoms with E-state index in [1.165, 1.54) is 5.56 Å². The molecule has 0 N–H and O–H groups in total. The molecule has 110 valence electrons. The molecule has 1 aromatic carbocycles. The van der Waals surface area contributed by atoms with Gasteiger partial charge in [0, 0.05) is 13.5 Å². The van der Waals surface area contributed by atoms with Crippen molar-refractivity contribution in [1.82, 2.24) is 0 Å². The Labute approximate surface area is 120 Å². The minimum absolute atomic E-state index is 0.0221. The van der Waals surface area contributed by atoms with Crippen molar-refractivity contribution < 1.29 is 18.9 Å². The number of ether oxygens (including phenoxy) is 4. The molecule has 2 heterocycles. The lowest BCUT2D eigenvalue weighted by Crippen LogP contribution is -2.53. The molecule has 4 atom stereocenters. The summed E-state index contributed by atoms with van der Waals surface area (Å²) >= 11 is 0. The van der Waals surface area contributed by atoms with Gasteiger partial charge in [0.15, 0.2) is 6.29 Å². The lowest BCUT2D eigenvalue weighted by Gasteiger charge is -2.42. The molecule has 3 rings (SSSR count). The van der Waals surface area contributed by atoms with Crippen LogP contribution in [0.2, 0.25) is 0 Å². The van der Waals surface area contributed by atoms with Gasteiger partial charge in [-0.3, -0.25) is 0 Å². The minimum Gasteiger partial charge on any atom is -0.373 e. The van der Waals surface area contributed by atoms with Crippen LogP contribution < -0.4 is 0 Å². The maximum Gasteiger partial charge on any atom is 0.187 e. The third-order valence-corrected chi connectivity index (χ3v) is 4.41. The van der Waals surface area contributed by atoms with Crippen LogP contribution >= 0.6 is 0 Å². The van der Waals surface area contributed by atoms with Crippen LogP contribution in [0.4, 0.5) is 0 Å². The van der Waals surface area contributed by atoms with E-state index in [1.54, 1.807) is 7.11 Å². The van der Waals surface area contributed by atoms with E-state index in [0.717, 1.165) is 12.8 Å². The van der Waals surface area contributed by atoms with Crippen LogP contribution in [0.1, 0.15) is 25.3 Å². The van der Waals surface area contributed by atoms with Crippen molar-refractivity contribution >= 4 is 0 Å². The van der Waals surface area contributed by atoms with Crippen molar-refractivity contribution in [2.24, 2.45) is 0 Å². The third-order valence-electron chi connectivity index (χ3n) is 4.41. The van der Waals surface area contributed by atoms with Gasteiger partial charge in [-0.15, -0.1) is 0 Å². The average molecular weight is 278 g/mol. The first-order chi connectivity index (χ1) is 9.77. The van der Waals surface area contributed by atoms with Gasteiger partial charge in [0.2, 0.25) is 0 Å². The summed E-state index contributed by atoms with van der Waals surface area (Å²) in [4.78, 5) is 0. The lowest BCUT2D eigenvalue weighted by molar-refractivity contribution is -0.253. The van der Waals surface area contributed by atoms with Gasteiger partial charge in [-0.05, 0) is 12.0 Å². The van der Waals surface area contributed by atoms with Crippen molar-refractivity contribution in [3.05, 3.63) is 35.9 Å². The molecule has 0 saturated carbocycles. The first-order valence-electron chi connectivity index (χ1n) is 7.25. The van der Waals surface area contributed by atoms with Crippen LogP contribution in [-0.4, -0.2) is 37.8 Å². The summed E-state index contributed by atoms with van der Waals surface area (Å²) in [6, 6.07) is 10.2. The molecule has 2 aliphatic heterocycles. The molecule has 1 aromatic rings. The maximum atomic E-state index is 6.07. The van der Waals surface area contributed by atoms with E-state index < -0.39 is 0 Å². The SMILES string of the molecule is CC[C@]1(OC)C[C@H](OCc2ccccc2)[C@H]2CO[C@@H]1O2. The summed E-state index contributed by atoms with van der Waals surface area (Å²) in [5.74, 6) is 0. The molecule has 2 aliphatic rings. The van der Waals surface area contributed by atoms with Crippen LogP contribution in [0.3, 0.4) is 0 Å². The van der Waals surface area contributed by atoms with Gasteiger partial charge in [0.25, 0.3) is 0 Å². The van der Waals surface area contributed by atoms with Crippen molar-refractivity contribution in [1.29, 1.82) is 0 Å². The Morgan fingerprint density at radius 1 is 1.30 bits per heavy atom. The van der Waals surface area contributed by atoms with Gasteiger partial charge in [-0.25, -0.2) is 0 Å². The highest BCUT2D eigenvalue weighted by Crippen LogP contribution is 2.40. The molecule has 0 unspecified atom stereocenters. The van der Waals surface area contributed by atoms with Crippen molar-refractivity contribution in [2.45, 2.75) is 50.5 Å². The van der Waals surface area contributed by atoms with E-state index in [2.05, 4.69) is 19.1 Å². The van der Waals surface area contributed by atoms with Crippen LogP contribution in [0, 0.1) is 0 Å². The van der Waals surface area contributed by atoms with E-state index in [4.69, 9.17) is 18.9 Å². The molecule has 4 nitrogen and oxygen atoms in total. The maximum absolute atomic E-state index is 6.07. The fraction of sp³-hybridized carbons (Fsp3) is 0.625. The molecule has 0 aliphatic carbocycles. The predicted octanol–water partition coefficient (Wildman–Crippen LogP) is 2.51. The smallest absolute Gasteiger partial charge is 0.187 e. The first-order valence-corrected chi connectivity index (χ1v) is 7.25. The van der Waals surface area contributed by atoms with E-state index >= 15 is 0 Å². The average Bonchev–Trinajstić information content (AvgIpc) is 2.95. The van der Waals surface area contributed by atoms with Gasteiger partial charge >= 0.3 is 0 Å². The minimum atomic E-state index is -0.381. The Morgan fingerprint density at radius 2 is 2.10 bits per heavy atom. The number of hydrogen-bond acceptors (Lipinski definition) is 4. The molecule has 0 radical (unpaired) electrons. The van der Waals surface area contributed by atoms with Gasteiger partial charge in [-0.2, -0.15) is 0 Å². The second kappa shape index (κ2) is 5.82. The highest BCUT2D eigenvalue weighted by Gasteiger charge is 2.53. The van der Waals surface area contributed by atoms with Gasteiger partial charge < -0.3 is 18.9 Å².